The number of aliphatic imine (C=N–C) groups is 1. The van der Waals surface area contributed by atoms with Gasteiger partial charge in [0.05, 0.1) is 6.10 Å². The van der Waals surface area contributed by atoms with E-state index < -0.39 is 0 Å². The summed E-state index contributed by atoms with van der Waals surface area (Å²) in [6.45, 7) is 4.39. The molecular weight excluding hydrogens is 455 g/mol. The molecule has 0 atom stereocenters. The Hall–Kier alpha value is -1.35. The van der Waals surface area contributed by atoms with Gasteiger partial charge in [-0.3, -0.25) is 4.79 Å². The first-order valence-electron chi connectivity index (χ1n) is 9.76. The maximum Gasteiger partial charge on any atom is 0.246 e. The van der Waals surface area contributed by atoms with Crippen molar-refractivity contribution in [2.45, 2.75) is 51.6 Å². The van der Waals surface area contributed by atoms with Crippen LogP contribution in [0.1, 0.15) is 45.4 Å². The molecule has 1 saturated carbocycles. The summed E-state index contributed by atoms with van der Waals surface area (Å²) in [4.78, 5) is 16.3. The summed E-state index contributed by atoms with van der Waals surface area (Å²) in [7, 11) is 0. The lowest BCUT2D eigenvalue weighted by Crippen LogP contribution is -2.38. The number of carbonyl (C=O) groups excluding carboxylic acids is 1. The highest BCUT2D eigenvalue weighted by atomic mass is 127. The highest BCUT2D eigenvalue weighted by Gasteiger charge is 2.13. The van der Waals surface area contributed by atoms with Crippen molar-refractivity contribution in [3.05, 3.63) is 30.3 Å². The van der Waals surface area contributed by atoms with Crippen LogP contribution in [0.4, 0.5) is 5.69 Å². The van der Waals surface area contributed by atoms with E-state index in [9.17, 15) is 4.79 Å². The number of nitrogens with one attached hydrogen (secondary N) is 3. The number of amides is 1. The third-order valence-electron chi connectivity index (χ3n) is 4.30. The highest BCUT2D eigenvalue weighted by Crippen LogP contribution is 2.20. The molecular formula is C20H33IN4O2. The summed E-state index contributed by atoms with van der Waals surface area (Å²) in [6.07, 6.45) is 7.73. The maximum absolute atomic E-state index is 12.0. The molecule has 152 valence electrons. The molecule has 7 heteroatoms. The molecule has 1 aliphatic rings. The largest absolute Gasteiger partial charge is 0.378 e. The SMILES string of the molecule is CCNC(=NCC(=O)Nc1ccccc1)NCCCOC1CCCCC1.I. The van der Waals surface area contributed by atoms with Gasteiger partial charge in [0.2, 0.25) is 5.91 Å². The zero-order chi connectivity index (χ0) is 18.5. The van der Waals surface area contributed by atoms with Gasteiger partial charge >= 0.3 is 0 Å². The molecule has 0 radical (unpaired) electrons. The molecule has 27 heavy (non-hydrogen) atoms. The second-order valence-electron chi connectivity index (χ2n) is 6.52. The van der Waals surface area contributed by atoms with Crippen molar-refractivity contribution in [1.29, 1.82) is 0 Å². The minimum Gasteiger partial charge on any atom is -0.378 e. The lowest BCUT2D eigenvalue weighted by atomic mass is 9.98. The second-order valence-corrected chi connectivity index (χ2v) is 6.52. The normalized spacial score (nSPS) is 14.9. The van der Waals surface area contributed by atoms with Crippen LogP contribution in [0, 0.1) is 0 Å². The van der Waals surface area contributed by atoms with Crippen LogP contribution in [0.15, 0.2) is 35.3 Å². The molecule has 2 rings (SSSR count). The molecule has 1 amide bonds. The Bertz CT molecular complexity index is 548. The number of ether oxygens (including phenoxy) is 1. The summed E-state index contributed by atoms with van der Waals surface area (Å²) < 4.78 is 5.92. The summed E-state index contributed by atoms with van der Waals surface area (Å²) in [5, 5.41) is 9.25. The molecule has 0 bridgehead atoms. The summed E-state index contributed by atoms with van der Waals surface area (Å²) in [5.41, 5.74) is 0.783. The molecule has 0 unspecified atom stereocenters. The van der Waals surface area contributed by atoms with Gasteiger partial charge in [-0.1, -0.05) is 37.5 Å². The molecule has 1 aromatic carbocycles. The number of para-hydroxylation sites is 1. The minimum atomic E-state index is -0.131. The molecule has 6 nitrogen and oxygen atoms in total. The zero-order valence-electron chi connectivity index (χ0n) is 16.2. The molecule has 3 N–H and O–H groups in total. The van der Waals surface area contributed by atoms with Crippen LogP contribution >= 0.6 is 24.0 Å². The predicted octanol–water partition coefficient (Wildman–Crippen LogP) is 3.54. The molecule has 0 aliphatic heterocycles. The third-order valence-corrected chi connectivity index (χ3v) is 4.30. The average Bonchev–Trinajstić information content (AvgIpc) is 2.67. The number of guanidine groups is 1. The number of rotatable bonds is 9. The van der Waals surface area contributed by atoms with Crippen LogP contribution in [0.25, 0.3) is 0 Å². The predicted molar refractivity (Wildman–Crippen MR) is 122 cm³/mol. The van der Waals surface area contributed by atoms with Gasteiger partial charge in [0.25, 0.3) is 0 Å². The van der Waals surface area contributed by atoms with E-state index in [0.29, 0.717) is 12.1 Å². The van der Waals surface area contributed by atoms with E-state index in [4.69, 9.17) is 4.74 Å². The molecule has 1 aliphatic carbocycles. The van der Waals surface area contributed by atoms with Gasteiger partial charge in [-0.15, -0.1) is 24.0 Å². The smallest absolute Gasteiger partial charge is 0.246 e. The summed E-state index contributed by atoms with van der Waals surface area (Å²) >= 11 is 0. The molecule has 0 saturated heterocycles. The van der Waals surface area contributed by atoms with E-state index in [1.165, 1.54) is 32.1 Å². The quantitative estimate of drug-likeness (QED) is 0.215. The Kier molecular flexibility index (Phi) is 12.9. The van der Waals surface area contributed by atoms with Gasteiger partial charge < -0.3 is 20.7 Å². The van der Waals surface area contributed by atoms with Gasteiger partial charge in [-0.05, 0) is 38.3 Å². The number of carbonyl (C=O) groups is 1. The molecule has 0 spiro atoms. The van der Waals surface area contributed by atoms with Crippen LogP contribution in [0.3, 0.4) is 0 Å². The Morgan fingerprint density at radius 1 is 1.15 bits per heavy atom. The van der Waals surface area contributed by atoms with Crippen molar-refractivity contribution in [3.63, 3.8) is 0 Å². The number of hydrogen-bond acceptors (Lipinski definition) is 3. The van der Waals surface area contributed by atoms with Gasteiger partial charge in [0, 0.05) is 25.4 Å². The van der Waals surface area contributed by atoms with E-state index in [1.54, 1.807) is 0 Å². The second kappa shape index (κ2) is 14.7. The lowest BCUT2D eigenvalue weighted by Gasteiger charge is -2.22. The van der Waals surface area contributed by atoms with Gasteiger partial charge in [0.1, 0.15) is 6.54 Å². The number of benzene rings is 1. The van der Waals surface area contributed by atoms with E-state index in [2.05, 4.69) is 20.9 Å². The Morgan fingerprint density at radius 2 is 1.89 bits per heavy atom. The van der Waals surface area contributed by atoms with Crippen molar-refractivity contribution >= 4 is 41.5 Å². The zero-order valence-corrected chi connectivity index (χ0v) is 18.5. The van der Waals surface area contributed by atoms with Crippen molar-refractivity contribution in [2.24, 2.45) is 4.99 Å². The highest BCUT2D eigenvalue weighted by molar-refractivity contribution is 14.0. The molecule has 1 aromatic rings. The molecule has 0 aromatic heterocycles. The topological polar surface area (TPSA) is 74.8 Å². The minimum absolute atomic E-state index is 0. The van der Waals surface area contributed by atoms with Crippen molar-refractivity contribution in [2.75, 3.05) is 31.6 Å². The Morgan fingerprint density at radius 3 is 2.59 bits per heavy atom. The van der Waals surface area contributed by atoms with Crippen LogP contribution in [-0.4, -0.2) is 44.2 Å². The van der Waals surface area contributed by atoms with Crippen LogP contribution in [-0.2, 0) is 9.53 Å². The maximum atomic E-state index is 12.0. The monoisotopic (exact) mass is 488 g/mol. The standard InChI is InChI=1S/C20H32N4O2.HI/c1-2-21-20(22-14-9-15-26-18-12-7-4-8-13-18)23-16-19(25)24-17-10-5-3-6-11-17;/h3,5-6,10-11,18H,2,4,7-9,12-16H2,1H3,(H,24,25)(H2,21,22,23);1H. The van der Waals surface area contributed by atoms with Gasteiger partial charge in [0.15, 0.2) is 5.96 Å². The molecule has 0 heterocycles. The molecule has 1 fully saturated rings. The van der Waals surface area contributed by atoms with Crippen molar-refractivity contribution in [3.8, 4) is 0 Å². The fraction of sp³-hybridized carbons (Fsp3) is 0.600. The van der Waals surface area contributed by atoms with Gasteiger partial charge in [-0.2, -0.15) is 0 Å². The van der Waals surface area contributed by atoms with Crippen molar-refractivity contribution < 1.29 is 9.53 Å². The number of nitrogens with zero attached hydrogens (tertiary/aromatic N) is 1. The fourth-order valence-corrected chi connectivity index (χ4v) is 2.98. The number of anilines is 1. The fourth-order valence-electron chi connectivity index (χ4n) is 2.98. The van der Waals surface area contributed by atoms with E-state index in [1.807, 2.05) is 37.3 Å². The Labute approximate surface area is 179 Å². The summed E-state index contributed by atoms with van der Waals surface area (Å²) in [5.74, 6) is 0.530. The van der Waals surface area contributed by atoms with Crippen LogP contribution < -0.4 is 16.0 Å². The van der Waals surface area contributed by atoms with Crippen LogP contribution in [0.5, 0.6) is 0 Å². The summed E-state index contributed by atoms with van der Waals surface area (Å²) in [6, 6.07) is 9.41. The van der Waals surface area contributed by atoms with Crippen molar-refractivity contribution in [1.82, 2.24) is 10.6 Å². The van der Waals surface area contributed by atoms with Crippen LogP contribution in [0.2, 0.25) is 0 Å². The number of halogens is 1. The van der Waals surface area contributed by atoms with E-state index in [-0.39, 0.29) is 36.4 Å². The first-order chi connectivity index (χ1) is 12.8. The first-order valence-corrected chi connectivity index (χ1v) is 9.76. The Balaban J connectivity index is 0.00000364. The van der Waals surface area contributed by atoms with E-state index >= 15 is 0 Å². The average molecular weight is 488 g/mol. The van der Waals surface area contributed by atoms with E-state index in [0.717, 1.165) is 31.8 Å². The first kappa shape index (κ1) is 23.7. The lowest BCUT2D eigenvalue weighted by molar-refractivity contribution is -0.114. The number of hydrogen-bond donors (Lipinski definition) is 3. The van der Waals surface area contributed by atoms with Gasteiger partial charge in [-0.25, -0.2) is 4.99 Å². The third kappa shape index (κ3) is 10.5.